The normalized spacial score (nSPS) is 21.3. The van der Waals surface area contributed by atoms with Gasteiger partial charge in [-0.1, -0.05) is 12.1 Å². The van der Waals surface area contributed by atoms with E-state index in [9.17, 15) is 9.59 Å². The van der Waals surface area contributed by atoms with Gasteiger partial charge in [0.2, 0.25) is 11.8 Å². The fourth-order valence-electron chi connectivity index (χ4n) is 2.70. The molecule has 2 aliphatic rings. The third-order valence-corrected chi connectivity index (χ3v) is 4.93. The number of fused-ring (bicyclic) bond motifs is 1. The van der Waals surface area contributed by atoms with Crippen molar-refractivity contribution in [1.82, 2.24) is 10.6 Å². The molecule has 112 valence electrons. The van der Waals surface area contributed by atoms with Crippen LogP contribution < -0.4 is 15.5 Å². The van der Waals surface area contributed by atoms with E-state index in [-0.39, 0.29) is 17.9 Å². The summed E-state index contributed by atoms with van der Waals surface area (Å²) in [5, 5.41) is 6.13. The summed E-state index contributed by atoms with van der Waals surface area (Å²) in [4.78, 5) is 25.3. The van der Waals surface area contributed by atoms with Crippen LogP contribution in [0.1, 0.15) is 17.5 Å². The molecule has 0 spiro atoms. The Morgan fingerprint density at radius 1 is 1.48 bits per heavy atom. The predicted octanol–water partition coefficient (Wildman–Crippen LogP) is 0.874. The lowest BCUT2D eigenvalue weighted by atomic mass is 9.99. The predicted molar refractivity (Wildman–Crippen MR) is 84.3 cm³/mol. The van der Waals surface area contributed by atoms with Gasteiger partial charge in [-0.2, -0.15) is 0 Å². The van der Waals surface area contributed by atoms with Gasteiger partial charge in [-0.05, 0) is 23.6 Å². The highest BCUT2D eigenvalue weighted by molar-refractivity contribution is 7.99. The van der Waals surface area contributed by atoms with Crippen LogP contribution in [-0.4, -0.2) is 36.5 Å². The second-order valence-corrected chi connectivity index (χ2v) is 6.44. The maximum absolute atomic E-state index is 12.0. The number of amides is 2. The molecule has 5 nitrogen and oxygen atoms in total. The zero-order valence-electron chi connectivity index (χ0n) is 12.0. The van der Waals surface area contributed by atoms with Gasteiger partial charge in [0.1, 0.15) is 0 Å². The molecule has 3 rings (SSSR count). The first-order valence-electron chi connectivity index (χ1n) is 7.12. The van der Waals surface area contributed by atoms with Crippen LogP contribution in [0.2, 0.25) is 0 Å². The Morgan fingerprint density at radius 2 is 2.33 bits per heavy atom. The number of hydrogen-bond acceptors (Lipinski definition) is 4. The zero-order valence-corrected chi connectivity index (χ0v) is 12.8. The second kappa shape index (κ2) is 6.07. The van der Waals surface area contributed by atoms with E-state index in [1.165, 1.54) is 5.56 Å². The van der Waals surface area contributed by atoms with Crippen molar-refractivity contribution in [2.24, 2.45) is 0 Å². The monoisotopic (exact) mass is 305 g/mol. The Hall–Kier alpha value is -1.53. The molecule has 0 bridgehead atoms. The number of rotatable bonds is 3. The highest BCUT2D eigenvalue weighted by Gasteiger charge is 2.23. The first kappa shape index (κ1) is 14.4. The van der Waals surface area contributed by atoms with E-state index in [4.69, 9.17) is 0 Å². The van der Waals surface area contributed by atoms with Gasteiger partial charge in [-0.15, -0.1) is 11.8 Å². The van der Waals surface area contributed by atoms with Crippen molar-refractivity contribution < 1.29 is 9.59 Å². The minimum absolute atomic E-state index is 0.0602. The van der Waals surface area contributed by atoms with Crippen LogP contribution in [0.15, 0.2) is 18.2 Å². The van der Waals surface area contributed by atoms with Crippen LogP contribution in [0.4, 0.5) is 5.69 Å². The van der Waals surface area contributed by atoms with Gasteiger partial charge in [-0.3, -0.25) is 14.9 Å². The molecular weight excluding hydrogens is 286 g/mol. The lowest BCUT2D eigenvalue weighted by Crippen LogP contribution is -2.41. The van der Waals surface area contributed by atoms with E-state index < -0.39 is 0 Å². The van der Waals surface area contributed by atoms with E-state index in [1.807, 2.05) is 19.2 Å². The molecule has 1 saturated heterocycles. The van der Waals surface area contributed by atoms with Crippen molar-refractivity contribution in [1.29, 1.82) is 0 Å². The summed E-state index contributed by atoms with van der Waals surface area (Å²) >= 11 is 1.74. The first-order valence-corrected chi connectivity index (χ1v) is 8.28. The minimum atomic E-state index is -0.0728. The fourth-order valence-corrected chi connectivity index (χ4v) is 3.64. The first-order chi connectivity index (χ1) is 10.1. The van der Waals surface area contributed by atoms with Crippen LogP contribution >= 0.6 is 11.8 Å². The standard InChI is InChI=1S/C15H19N3O2S/c1-18-13-4-2-10(6-11(13)3-5-14(18)19)7-16-15(20)12-8-21-9-17-12/h2,4,6,12,17H,3,5,7-9H2,1H3,(H,16,20). The van der Waals surface area contributed by atoms with Gasteiger partial charge in [0, 0.05) is 37.3 Å². The van der Waals surface area contributed by atoms with Gasteiger partial charge >= 0.3 is 0 Å². The van der Waals surface area contributed by atoms with Gasteiger partial charge in [0.25, 0.3) is 0 Å². The van der Waals surface area contributed by atoms with E-state index in [2.05, 4.69) is 16.7 Å². The maximum Gasteiger partial charge on any atom is 0.238 e. The molecular formula is C15H19N3O2S. The molecule has 2 aliphatic heterocycles. The average molecular weight is 305 g/mol. The lowest BCUT2D eigenvalue weighted by Gasteiger charge is -2.26. The summed E-state index contributed by atoms with van der Waals surface area (Å²) in [6.07, 6.45) is 1.34. The Balaban J connectivity index is 1.64. The van der Waals surface area contributed by atoms with Crippen LogP contribution in [-0.2, 0) is 22.6 Å². The van der Waals surface area contributed by atoms with Crippen LogP contribution in [0, 0.1) is 0 Å². The molecule has 0 radical (unpaired) electrons. The van der Waals surface area contributed by atoms with E-state index in [0.717, 1.165) is 29.3 Å². The molecule has 2 heterocycles. The van der Waals surface area contributed by atoms with E-state index >= 15 is 0 Å². The number of carbonyl (C=O) groups is 2. The van der Waals surface area contributed by atoms with Crippen LogP contribution in [0.5, 0.6) is 0 Å². The smallest absolute Gasteiger partial charge is 0.238 e. The highest BCUT2D eigenvalue weighted by Crippen LogP contribution is 2.27. The molecule has 2 amide bonds. The third kappa shape index (κ3) is 3.06. The topological polar surface area (TPSA) is 61.4 Å². The molecule has 1 unspecified atom stereocenters. The quantitative estimate of drug-likeness (QED) is 0.870. The van der Waals surface area contributed by atoms with Gasteiger partial charge in [0.15, 0.2) is 0 Å². The summed E-state index contributed by atoms with van der Waals surface area (Å²) in [6.45, 7) is 0.534. The second-order valence-electron chi connectivity index (χ2n) is 5.41. The van der Waals surface area contributed by atoms with Crippen molar-refractivity contribution in [3.05, 3.63) is 29.3 Å². The number of aryl methyl sites for hydroxylation is 1. The van der Waals surface area contributed by atoms with Crippen molar-refractivity contribution in [3.63, 3.8) is 0 Å². The van der Waals surface area contributed by atoms with E-state index in [1.54, 1.807) is 16.7 Å². The molecule has 1 aromatic carbocycles. The SMILES string of the molecule is CN1C(=O)CCc2cc(CNC(=O)C3CSCN3)ccc21. The largest absolute Gasteiger partial charge is 0.351 e. The number of nitrogens with zero attached hydrogens (tertiary/aromatic N) is 1. The van der Waals surface area contributed by atoms with Crippen molar-refractivity contribution in [2.45, 2.75) is 25.4 Å². The Kier molecular flexibility index (Phi) is 4.17. The molecule has 0 saturated carbocycles. The molecule has 21 heavy (non-hydrogen) atoms. The van der Waals surface area contributed by atoms with Crippen molar-refractivity contribution in [3.8, 4) is 0 Å². The van der Waals surface area contributed by atoms with Gasteiger partial charge < -0.3 is 10.2 Å². The van der Waals surface area contributed by atoms with E-state index in [0.29, 0.717) is 13.0 Å². The van der Waals surface area contributed by atoms with Crippen molar-refractivity contribution >= 4 is 29.3 Å². The Labute approximate surface area is 128 Å². The molecule has 2 N–H and O–H groups in total. The van der Waals surface area contributed by atoms with Crippen LogP contribution in [0.25, 0.3) is 0 Å². The molecule has 6 heteroatoms. The molecule has 1 aromatic rings. The molecule has 0 aliphatic carbocycles. The number of thioether (sulfide) groups is 1. The van der Waals surface area contributed by atoms with Gasteiger partial charge in [-0.25, -0.2) is 0 Å². The molecule has 1 fully saturated rings. The summed E-state index contributed by atoms with van der Waals surface area (Å²) in [7, 11) is 1.81. The zero-order chi connectivity index (χ0) is 14.8. The van der Waals surface area contributed by atoms with Gasteiger partial charge in [0.05, 0.1) is 6.04 Å². The summed E-state index contributed by atoms with van der Waals surface area (Å²) in [5.74, 6) is 1.90. The summed E-state index contributed by atoms with van der Waals surface area (Å²) in [6, 6.07) is 5.97. The minimum Gasteiger partial charge on any atom is -0.351 e. The maximum atomic E-state index is 12.0. The number of anilines is 1. The van der Waals surface area contributed by atoms with Crippen molar-refractivity contribution in [2.75, 3.05) is 23.6 Å². The average Bonchev–Trinajstić information content (AvgIpc) is 3.03. The van der Waals surface area contributed by atoms with Crippen LogP contribution in [0.3, 0.4) is 0 Å². The fraction of sp³-hybridized carbons (Fsp3) is 0.467. The number of hydrogen-bond donors (Lipinski definition) is 2. The summed E-state index contributed by atoms with van der Waals surface area (Å²) < 4.78 is 0. The Bertz CT molecular complexity index is 570. The molecule has 0 aromatic heterocycles. The summed E-state index contributed by atoms with van der Waals surface area (Å²) in [5.41, 5.74) is 3.24. The lowest BCUT2D eigenvalue weighted by molar-refractivity contribution is -0.122. The number of benzene rings is 1. The Morgan fingerprint density at radius 3 is 3.10 bits per heavy atom. The number of carbonyl (C=O) groups excluding carboxylic acids is 2. The highest BCUT2D eigenvalue weighted by atomic mass is 32.2. The number of nitrogens with one attached hydrogen (secondary N) is 2. The molecule has 1 atom stereocenters. The third-order valence-electron chi connectivity index (χ3n) is 3.99.